The van der Waals surface area contributed by atoms with Gasteiger partial charge in [-0.1, -0.05) is 67.6 Å². The summed E-state index contributed by atoms with van der Waals surface area (Å²) in [6.07, 6.45) is 0.935. The predicted molar refractivity (Wildman–Crippen MR) is 134 cm³/mol. The van der Waals surface area contributed by atoms with E-state index in [9.17, 15) is 9.59 Å². The van der Waals surface area contributed by atoms with Gasteiger partial charge in [-0.2, -0.15) is 0 Å². The van der Waals surface area contributed by atoms with E-state index in [4.69, 9.17) is 0 Å². The van der Waals surface area contributed by atoms with E-state index in [1.165, 1.54) is 11.3 Å². The Kier molecular flexibility index (Phi) is 7.50. The van der Waals surface area contributed by atoms with Gasteiger partial charge in [-0.05, 0) is 47.2 Å². The predicted octanol–water partition coefficient (Wildman–Crippen LogP) is 5.39. The Labute approximate surface area is 198 Å². The molecule has 2 N–H and O–H groups in total. The molecule has 1 heterocycles. The van der Waals surface area contributed by atoms with Crippen LogP contribution in [0.5, 0.6) is 0 Å². The van der Waals surface area contributed by atoms with Gasteiger partial charge in [-0.15, -0.1) is 11.3 Å². The number of carbonyl (C=O) groups excluding carboxylic acids is 2. The van der Waals surface area contributed by atoms with Crippen LogP contribution in [0.3, 0.4) is 0 Å². The zero-order valence-electron chi connectivity index (χ0n) is 18.6. The molecule has 4 aromatic rings. The van der Waals surface area contributed by atoms with E-state index in [0.29, 0.717) is 18.7 Å². The molecule has 168 valence electrons. The summed E-state index contributed by atoms with van der Waals surface area (Å²) in [5.41, 5.74) is 8.21. The van der Waals surface area contributed by atoms with E-state index in [1.54, 1.807) is 12.1 Å². The molecule has 0 spiro atoms. The van der Waals surface area contributed by atoms with Crippen LogP contribution < -0.4 is 10.9 Å². The normalized spacial score (nSPS) is 10.8. The maximum atomic E-state index is 13.5. The summed E-state index contributed by atoms with van der Waals surface area (Å²) in [5.74, 6) is -0.164. The van der Waals surface area contributed by atoms with Crippen molar-refractivity contribution in [2.45, 2.75) is 26.4 Å². The van der Waals surface area contributed by atoms with Crippen LogP contribution in [0.25, 0.3) is 10.1 Å². The van der Waals surface area contributed by atoms with Crippen molar-refractivity contribution in [3.8, 4) is 0 Å². The number of fused-ring (bicyclic) bond motifs is 1. The van der Waals surface area contributed by atoms with Crippen LogP contribution in [0.2, 0.25) is 0 Å². The summed E-state index contributed by atoms with van der Waals surface area (Å²) in [6, 6.07) is 27.4. The van der Waals surface area contributed by atoms with Crippen molar-refractivity contribution in [1.82, 2.24) is 15.8 Å². The number of hydrogen-bond acceptors (Lipinski definition) is 4. The number of hydrazine groups is 1. The van der Waals surface area contributed by atoms with Crippen molar-refractivity contribution >= 4 is 33.2 Å². The average molecular weight is 458 g/mol. The Morgan fingerprint density at radius 1 is 0.848 bits per heavy atom. The van der Waals surface area contributed by atoms with Gasteiger partial charge in [0.2, 0.25) is 0 Å². The molecule has 0 saturated heterocycles. The third kappa shape index (κ3) is 5.86. The van der Waals surface area contributed by atoms with E-state index in [1.807, 2.05) is 84.6 Å². The molecular weight excluding hydrogens is 430 g/mol. The molecular formula is C27H27N3O2S. The van der Waals surface area contributed by atoms with Crippen LogP contribution in [-0.2, 0) is 13.1 Å². The molecule has 0 radical (unpaired) electrons. The number of carbonyl (C=O) groups is 2. The van der Waals surface area contributed by atoms with Crippen LogP contribution in [-0.4, -0.2) is 23.3 Å². The van der Waals surface area contributed by atoms with Crippen molar-refractivity contribution in [3.63, 3.8) is 0 Å². The summed E-state index contributed by atoms with van der Waals surface area (Å²) in [7, 11) is 0. The van der Waals surface area contributed by atoms with Gasteiger partial charge in [0.15, 0.2) is 0 Å². The van der Waals surface area contributed by atoms with E-state index in [2.05, 4.69) is 10.9 Å². The summed E-state index contributed by atoms with van der Waals surface area (Å²) in [5, 5.41) is 1.08. The molecule has 4 rings (SSSR count). The molecule has 0 aliphatic carbocycles. The molecule has 1 aromatic heterocycles. The average Bonchev–Trinajstić information content (AvgIpc) is 3.29. The highest BCUT2D eigenvalue weighted by molar-refractivity contribution is 7.20. The first-order chi connectivity index (χ1) is 16.1. The summed E-state index contributed by atoms with van der Waals surface area (Å²) >= 11 is 1.52. The second-order valence-electron chi connectivity index (χ2n) is 7.87. The molecule has 0 unspecified atom stereocenters. The lowest BCUT2D eigenvalue weighted by Crippen LogP contribution is -2.37. The van der Waals surface area contributed by atoms with Crippen LogP contribution >= 0.6 is 11.3 Å². The maximum Gasteiger partial charge on any atom is 0.265 e. The molecule has 6 heteroatoms. The molecule has 0 aliphatic heterocycles. The minimum Gasteiger partial charge on any atom is -0.329 e. The van der Waals surface area contributed by atoms with Gasteiger partial charge in [0, 0.05) is 29.9 Å². The molecule has 0 fully saturated rings. The van der Waals surface area contributed by atoms with Crippen molar-refractivity contribution in [2.75, 3.05) is 6.54 Å². The van der Waals surface area contributed by atoms with Crippen molar-refractivity contribution in [3.05, 3.63) is 106 Å². The first-order valence-corrected chi connectivity index (χ1v) is 11.9. The van der Waals surface area contributed by atoms with Gasteiger partial charge in [-0.25, -0.2) is 5.43 Å². The fraction of sp³-hybridized carbons (Fsp3) is 0.185. The van der Waals surface area contributed by atoms with Crippen molar-refractivity contribution in [1.29, 1.82) is 0 Å². The molecule has 33 heavy (non-hydrogen) atoms. The van der Waals surface area contributed by atoms with E-state index < -0.39 is 0 Å². The Morgan fingerprint density at radius 3 is 2.21 bits per heavy atom. The summed E-state index contributed by atoms with van der Waals surface area (Å²) in [6.45, 7) is 3.72. The fourth-order valence-corrected chi connectivity index (χ4v) is 4.60. The Hall–Kier alpha value is -3.48. The van der Waals surface area contributed by atoms with E-state index in [0.717, 1.165) is 39.1 Å². The molecule has 2 amide bonds. The van der Waals surface area contributed by atoms with Crippen molar-refractivity contribution < 1.29 is 9.59 Å². The number of amides is 2. The first kappa shape index (κ1) is 22.7. The van der Waals surface area contributed by atoms with Gasteiger partial charge >= 0.3 is 0 Å². The Morgan fingerprint density at radius 2 is 1.52 bits per heavy atom. The molecule has 0 bridgehead atoms. The Balaban J connectivity index is 1.53. The zero-order chi connectivity index (χ0) is 23.0. The first-order valence-electron chi connectivity index (χ1n) is 11.1. The van der Waals surface area contributed by atoms with Gasteiger partial charge in [0.05, 0.1) is 4.88 Å². The maximum absolute atomic E-state index is 13.5. The second-order valence-corrected chi connectivity index (χ2v) is 8.96. The smallest absolute Gasteiger partial charge is 0.265 e. The number of hydrogen-bond donors (Lipinski definition) is 2. The Bertz CT molecular complexity index is 1190. The SMILES string of the molecule is CCCNNC(=O)c1ccc(CN(Cc2ccccc2)C(=O)c2cc3ccccc3s2)cc1. The highest BCUT2D eigenvalue weighted by atomic mass is 32.1. The van der Waals surface area contributed by atoms with Gasteiger partial charge < -0.3 is 4.90 Å². The minimum absolute atomic E-state index is 0.00522. The lowest BCUT2D eigenvalue weighted by atomic mass is 10.1. The highest BCUT2D eigenvalue weighted by Crippen LogP contribution is 2.27. The summed E-state index contributed by atoms with van der Waals surface area (Å²) < 4.78 is 1.10. The third-order valence-corrected chi connectivity index (χ3v) is 6.41. The standard InChI is InChI=1S/C27H27N3O2S/c1-2-16-28-29-26(31)22-14-12-21(13-15-22)19-30(18-20-8-4-3-5-9-20)27(32)25-17-23-10-6-7-11-24(23)33-25/h3-15,17,28H,2,16,18-19H2,1H3,(H,29,31). The zero-order valence-corrected chi connectivity index (χ0v) is 19.4. The molecule has 0 saturated carbocycles. The lowest BCUT2D eigenvalue weighted by molar-refractivity contribution is 0.0734. The van der Waals surface area contributed by atoms with Gasteiger partial charge in [0.1, 0.15) is 0 Å². The van der Waals surface area contributed by atoms with Crippen LogP contribution in [0, 0.1) is 0 Å². The van der Waals surface area contributed by atoms with Crippen molar-refractivity contribution in [2.24, 2.45) is 0 Å². The number of benzene rings is 3. The second kappa shape index (κ2) is 10.9. The lowest BCUT2D eigenvalue weighted by Gasteiger charge is -2.22. The topological polar surface area (TPSA) is 61.4 Å². The van der Waals surface area contributed by atoms with Gasteiger partial charge in [0.25, 0.3) is 11.8 Å². The number of thiophene rings is 1. The number of rotatable bonds is 9. The third-order valence-electron chi connectivity index (χ3n) is 5.31. The summed E-state index contributed by atoms with van der Waals surface area (Å²) in [4.78, 5) is 28.3. The van der Waals surface area contributed by atoms with Crippen LogP contribution in [0.4, 0.5) is 0 Å². The highest BCUT2D eigenvalue weighted by Gasteiger charge is 2.19. The monoisotopic (exact) mass is 457 g/mol. The fourth-order valence-electron chi connectivity index (χ4n) is 3.57. The van der Waals surface area contributed by atoms with E-state index >= 15 is 0 Å². The molecule has 3 aromatic carbocycles. The molecule has 0 atom stereocenters. The molecule has 5 nitrogen and oxygen atoms in total. The van der Waals surface area contributed by atoms with Crippen LogP contribution in [0.15, 0.2) is 84.9 Å². The minimum atomic E-state index is -0.169. The number of nitrogens with zero attached hydrogens (tertiary/aromatic N) is 1. The molecule has 0 aliphatic rings. The number of nitrogens with one attached hydrogen (secondary N) is 2. The largest absolute Gasteiger partial charge is 0.329 e. The van der Waals surface area contributed by atoms with E-state index in [-0.39, 0.29) is 11.8 Å². The van der Waals surface area contributed by atoms with Crippen LogP contribution in [0.1, 0.15) is 44.5 Å². The van der Waals surface area contributed by atoms with Gasteiger partial charge in [-0.3, -0.25) is 15.0 Å². The quantitative estimate of drug-likeness (QED) is 0.262.